The van der Waals surface area contributed by atoms with Crippen LogP contribution in [-0.2, 0) is 6.18 Å². The molecule has 0 spiro atoms. The Kier molecular flexibility index (Phi) is 8.28. The molecule has 1 saturated carbocycles. The van der Waals surface area contributed by atoms with Crippen molar-refractivity contribution in [3.63, 3.8) is 0 Å². The zero-order valence-electron chi connectivity index (χ0n) is 19.2. The van der Waals surface area contributed by atoms with E-state index in [1.54, 1.807) is 12.1 Å². The maximum absolute atomic E-state index is 13.1. The lowest BCUT2D eigenvalue weighted by atomic mass is 9.93. The molecule has 1 saturated heterocycles. The number of nitrogens with zero attached hydrogens (tertiary/aromatic N) is 2. The molecule has 2 aromatic carbocycles. The van der Waals surface area contributed by atoms with E-state index in [2.05, 4.69) is 20.4 Å². The number of rotatable bonds is 8. The fourth-order valence-corrected chi connectivity index (χ4v) is 5.14. The van der Waals surface area contributed by atoms with Crippen molar-refractivity contribution in [1.29, 1.82) is 0 Å². The molecule has 1 unspecified atom stereocenters. The van der Waals surface area contributed by atoms with Gasteiger partial charge in [0, 0.05) is 50.5 Å². The lowest BCUT2D eigenvalue weighted by Crippen LogP contribution is -2.52. The van der Waals surface area contributed by atoms with Gasteiger partial charge in [0.1, 0.15) is 0 Å². The second-order valence-electron chi connectivity index (χ2n) is 9.17. The number of alkyl halides is 3. The van der Waals surface area contributed by atoms with Gasteiger partial charge < -0.3 is 5.32 Å². The van der Waals surface area contributed by atoms with Gasteiger partial charge in [0.25, 0.3) is 0 Å². The minimum Gasteiger partial charge on any atom is -0.372 e. The zero-order chi connectivity index (χ0) is 23.1. The van der Waals surface area contributed by atoms with E-state index in [-0.39, 0.29) is 6.04 Å². The minimum absolute atomic E-state index is 0.0402. The van der Waals surface area contributed by atoms with Gasteiger partial charge >= 0.3 is 6.18 Å². The summed E-state index contributed by atoms with van der Waals surface area (Å²) in [6, 6.07) is 16.4. The van der Waals surface area contributed by atoms with Crippen LogP contribution in [0.15, 0.2) is 54.6 Å². The molecule has 1 aliphatic carbocycles. The third kappa shape index (κ3) is 6.71. The molecule has 4 nitrogen and oxygen atoms in total. The predicted molar refractivity (Wildman–Crippen MR) is 127 cm³/mol. The van der Waals surface area contributed by atoms with E-state index >= 15 is 0 Å². The first-order valence-corrected chi connectivity index (χ1v) is 12.2. The highest BCUT2D eigenvalue weighted by atomic mass is 19.4. The molecule has 1 atom stereocenters. The van der Waals surface area contributed by atoms with Gasteiger partial charge in [0.2, 0.25) is 0 Å². The predicted octanol–water partition coefficient (Wildman–Crippen LogP) is 5.36. The van der Waals surface area contributed by atoms with Crippen LogP contribution in [0.1, 0.15) is 49.3 Å². The molecule has 2 aliphatic rings. The molecule has 33 heavy (non-hydrogen) atoms. The number of benzene rings is 2. The highest BCUT2D eigenvalue weighted by molar-refractivity contribution is 5.42. The summed E-state index contributed by atoms with van der Waals surface area (Å²) in [5.41, 5.74) is 1.38. The van der Waals surface area contributed by atoms with Crippen LogP contribution in [0.5, 0.6) is 0 Å². The average Bonchev–Trinajstić information content (AvgIpc) is 2.85. The summed E-state index contributed by atoms with van der Waals surface area (Å²) >= 11 is 0. The molecule has 0 amide bonds. The Balaban J connectivity index is 1.38. The van der Waals surface area contributed by atoms with Gasteiger partial charge in [0.05, 0.1) is 12.2 Å². The zero-order valence-corrected chi connectivity index (χ0v) is 19.2. The van der Waals surface area contributed by atoms with E-state index in [1.165, 1.54) is 44.2 Å². The number of halogens is 3. The summed E-state index contributed by atoms with van der Waals surface area (Å²) in [5.74, 6) is 0. The standard InChI is InChI=1S/C26H35F3N4/c27-26(28,29)22-13-11-21(12-14-22)25(19-30-20-31-23-7-3-1-4-8-23)33-17-15-32(16-18-33)24-9-5-2-6-10-24/h1,3-4,7-8,11-14,24-25,30-31H,2,5-6,9-10,15-20H2. The molecule has 2 fully saturated rings. The van der Waals surface area contributed by atoms with Crippen molar-refractivity contribution >= 4 is 5.69 Å². The number of hydrogen-bond acceptors (Lipinski definition) is 4. The lowest BCUT2D eigenvalue weighted by molar-refractivity contribution is -0.137. The molecule has 0 bridgehead atoms. The SMILES string of the molecule is FC(F)(F)c1ccc(C(CNCNc2ccccc2)N2CCN(C3CCCCC3)CC2)cc1. The van der Waals surface area contributed by atoms with Crippen LogP contribution in [0.25, 0.3) is 0 Å². The maximum Gasteiger partial charge on any atom is 0.416 e. The highest BCUT2D eigenvalue weighted by Crippen LogP contribution is 2.31. The summed E-state index contributed by atoms with van der Waals surface area (Å²) in [5, 5.41) is 6.81. The van der Waals surface area contributed by atoms with Gasteiger partial charge in [-0.2, -0.15) is 13.2 Å². The molecule has 0 radical (unpaired) electrons. The molecular formula is C26H35F3N4. The van der Waals surface area contributed by atoms with Crippen LogP contribution < -0.4 is 10.6 Å². The topological polar surface area (TPSA) is 30.5 Å². The molecule has 180 valence electrons. The third-order valence-corrected chi connectivity index (χ3v) is 7.03. The van der Waals surface area contributed by atoms with E-state index in [9.17, 15) is 13.2 Å². The Labute approximate surface area is 195 Å². The molecule has 4 rings (SSSR count). The van der Waals surface area contributed by atoms with E-state index in [4.69, 9.17) is 0 Å². The molecular weight excluding hydrogens is 425 g/mol. The van der Waals surface area contributed by atoms with Crippen LogP contribution in [0.3, 0.4) is 0 Å². The average molecular weight is 461 g/mol. The fourth-order valence-electron chi connectivity index (χ4n) is 5.14. The Morgan fingerprint density at radius 1 is 0.848 bits per heavy atom. The van der Waals surface area contributed by atoms with Crippen LogP contribution >= 0.6 is 0 Å². The Bertz CT molecular complexity index is 827. The number of piperazine rings is 1. The first-order valence-electron chi connectivity index (χ1n) is 12.2. The van der Waals surface area contributed by atoms with Gasteiger partial charge in [-0.1, -0.05) is 49.6 Å². The van der Waals surface area contributed by atoms with E-state index < -0.39 is 11.7 Å². The number of para-hydroxylation sites is 1. The second kappa shape index (κ2) is 11.4. The van der Waals surface area contributed by atoms with E-state index in [0.717, 1.165) is 37.4 Å². The number of nitrogens with one attached hydrogen (secondary N) is 2. The summed E-state index contributed by atoms with van der Waals surface area (Å²) in [6.07, 6.45) is 2.31. The van der Waals surface area contributed by atoms with Crippen LogP contribution in [0.4, 0.5) is 18.9 Å². The van der Waals surface area contributed by atoms with Gasteiger partial charge in [0.15, 0.2) is 0 Å². The Hall–Kier alpha value is -2.09. The number of hydrogen-bond donors (Lipinski definition) is 2. The molecule has 2 N–H and O–H groups in total. The van der Waals surface area contributed by atoms with Gasteiger partial charge in [-0.25, -0.2) is 0 Å². The van der Waals surface area contributed by atoms with Crippen molar-refractivity contribution in [3.8, 4) is 0 Å². The van der Waals surface area contributed by atoms with Crippen molar-refractivity contribution in [1.82, 2.24) is 15.1 Å². The van der Waals surface area contributed by atoms with Gasteiger partial charge in [-0.3, -0.25) is 15.1 Å². The van der Waals surface area contributed by atoms with Gasteiger partial charge in [-0.05, 0) is 42.7 Å². The second-order valence-corrected chi connectivity index (χ2v) is 9.17. The van der Waals surface area contributed by atoms with Crippen LogP contribution in [0, 0.1) is 0 Å². The smallest absolute Gasteiger partial charge is 0.372 e. The van der Waals surface area contributed by atoms with Crippen molar-refractivity contribution in [2.24, 2.45) is 0 Å². The van der Waals surface area contributed by atoms with Crippen molar-refractivity contribution in [3.05, 3.63) is 65.7 Å². The fraction of sp³-hybridized carbons (Fsp3) is 0.538. The minimum atomic E-state index is -4.31. The highest BCUT2D eigenvalue weighted by Gasteiger charge is 2.32. The largest absolute Gasteiger partial charge is 0.416 e. The summed E-state index contributed by atoms with van der Waals surface area (Å²) < 4.78 is 39.2. The van der Waals surface area contributed by atoms with Crippen molar-refractivity contribution in [2.45, 2.75) is 50.4 Å². The van der Waals surface area contributed by atoms with Crippen LogP contribution in [0.2, 0.25) is 0 Å². The Morgan fingerprint density at radius 2 is 1.52 bits per heavy atom. The quantitative estimate of drug-likeness (QED) is 0.410. The summed E-state index contributed by atoms with van der Waals surface area (Å²) in [6.45, 7) is 5.22. The normalized spacial score (nSPS) is 20.0. The van der Waals surface area contributed by atoms with E-state index in [0.29, 0.717) is 19.3 Å². The summed E-state index contributed by atoms with van der Waals surface area (Å²) in [4.78, 5) is 5.06. The van der Waals surface area contributed by atoms with E-state index in [1.807, 2.05) is 30.3 Å². The molecule has 7 heteroatoms. The molecule has 1 heterocycles. The molecule has 1 aliphatic heterocycles. The first kappa shape index (κ1) is 24.0. The summed E-state index contributed by atoms with van der Waals surface area (Å²) in [7, 11) is 0. The third-order valence-electron chi connectivity index (χ3n) is 7.03. The molecule has 2 aromatic rings. The Morgan fingerprint density at radius 3 is 2.15 bits per heavy atom. The first-order chi connectivity index (χ1) is 16.0. The monoisotopic (exact) mass is 460 g/mol. The van der Waals surface area contributed by atoms with Crippen molar-refractivity contribution in [2.75, 3.05) is 44.7 Å². The number of anilines is 1. The lowest BCUT2D eigenvalue weighted by Gasteiger charge is -2.43. The van der Waals surface area contributed by atoms with Gasteiger partial charge in [-0.15, -0.1) is 0 Å². The molecule has 0 aromatic heterocycles. The van der Waals surface area contributed by atoms with Crippen LogP contribution in [-0.4, -0.2) is 55.2 Å². The maximum atomic E-state index is 13.1. The van der Waals surface area contributed by atoms with Crippen molar-refractivity contribution < 1.29 is 13.2 Å².